The molecule has 0 aromatic rings. The first-order valence-corrected chi connectivity index (χ1v) is 30.1. The fraction of sp³-hybridized carbons (Fsp3) is 0.925. The summed E-state index contributed by atoms with van der Waals surface area (Å²) in [6.07, 6.45) is 8.29. The standard InChI is InChI=1S/C53H89N4O16P/c1-9-64-74(63,65-10-2)33-13-32-57(62)47(61)23-22-46(60)56(30-11-28-54-44(58)20-18-42-36(5)40-16-14-34(3)38-24-26-50(7)68-48(66-42)52(38,40)72-70-50)31-12-29-55-45(59)21-19-43-37(6)41-17-15-35(4)39-25-27-51(8)69-49(67-43)53(39,41)73-71-51/h34-43,48-49,62H,9-33H2,1-8H3,(H,54,58)(H,55,59)/t34-,35-,36-,37-,38+,39+,40+,41+,42-,43-,48-,49-,50+,51+,52?,53?/m1/s1. The van der Waals surface area contributed by atoms with E-state index in [2.05, 4.69) is 38.3 Å². The van der Waals surface area contributed by atoms with Crippen molar-refractivity contribution in [2.45, 2.75) is 212 Å². The quantitative estimate of drug-likeness (QED) is 0.0264. The van der Waals surface area contributed by atoms with Gasteiger partial charge in [-0.05, 0) is 134 Å². The summed E-state index contributed by atoms with van der Waals surface area (Å²) in [5.74, 6) is -0.853. The maximum atomic E-state index is 13.7. The number of rotatable bonds is 25. The summed E-state index contributed by atoms with van der Waals surface area (Å²) in [5, 5.41) is 17.1. The minimum atomic E-state index is -3.35. The summed E-state index contributed by atoms with van der Waals surface area (Å²) >= 11 is 0. The number of nitrogens with zero attached hydrogens (tertiary/aromatic N) is 2. The van der Waals surface area contributed by atoms with E-state index in [9.17, 15) is 29.0 Å². The zero-order chi connectivity index (χ0) is 53.1. The molecule has 10 fully saturated rings. The molecule has 4 bridgehead atoms. The first-order chi connectivity index (χ1) is 35.3. The molecule has 0 aromatic heterocycles. The van der Waals surface area contributed by atoms with Crippen molar-refractivity contribution in [3.63, 3.8) is 0 Å². The fourth-order valence-electron chi connectivity index (χ4n) is 14.3. The van der Waals surface area contributed by atoms with Crippen LogP contribution in [0.1, 0.15) is 165 Å². The van der Waals surface area contributed by atoms with Crippen molar-refractivity contribution in [2.24, 2.45) is 47.3 Å². The van der Waals surface area contributed by atoms with Gasteiger partial charge in [0.05, 0.1) is 31.6 Å². The number of nitrogens with one attached hydrogen (secondary N) is 2. The van der Waals surface area contributed by atoms with Gasteiger partial charge in [0.15, 0.2) is 23.8 Å². The average molecular weight is 1070 g/mol. The van der Waals surface area contributed by atoms with Crippen LogP contribution in [0.3, 0.4) is 0 Å². The topological polar surface area (TPSA) is 228 Å². The molecule has 2 unspecified atom stereocenters. The Bertz CT molecular complexity index is 1890. The molecule has 74 heavy (non-hydrogen) atoms. The van der Waals surface area contributed by atoms with Crippen LogP contribution in [0.15, 0.2) is 0 Å². The highest BCUT2D eigenvalue weighted by molar-refractivity contribution is 7.53. The van der Waals surface area contributed by atoms with Crippen molar-refractivity contribution in [1.82, 2.24) is 20.6 Å². The highest BCUT2D eigenvalue weighted by Gasteiger charge is 2.70. The molecule has 8 heterocycles. The molecule has 16 atom stereocenters. The second-order valence-corrected chi connectivity index (χ2v) is 25.5. The molecule has 2 spiro atoms. The number of carbonyl (C=O) groups excluding carboxylic acids is 4. The van der Waals surface area contributed by atoms with Gasteiger partial charge in [-0.1, -0.05) is 27.7 Å². The summed E-state index contributed by atoms with van der Waals surface area (Å²) in [6.45, 7) is 17.7. The Morgan fingerprint density at radius 3 is 1.53 bits per heavy atom. The molecule has 20 nitrogen and oxygen atoms in total. The van der Waals surface area contributed by atoms with Gasteiger partial charge in [-0.25, -0.2) is 24.6 Å². The molecule has 0 radical (unpaired) electrons. The number of carbonyl (C=O) groups is 4. The highest BCUT2D eigenvalue weighted by atomic mass is 31.2. The van der Waals surface area contributed by atoms with E-state index in [4.69, 9.17) is 47.5 Å². The van der Waals surface area contributed by atoms with E-state index in [1.165, 1.54) is 0 Å². The Morgan fingerprint density at radius 1 is 0.608 bits per heavy atom. The van der Waals surface area contributed by atoms with Gasteiger partial charge in [0.1, 0.15) is 0 Å². The number of amides is 4. The molecule has 422 valence electrons. The second-order valence-electron chi connectivity index (χ2n) is 23.3. The zero-order valence-corrected chi connectivity index (χ0v) is 46.4. The molecule has 8 aliphatic heterocycles. The number of fused-ring (bicyclic) bond motifs is 4. The van der Waals surface area contributed by atoms with E-state index in [0.29, 0.717) is 68.8 Å². The van der Waals surface area contributed by atoms with Crippen molar-refractivity contribution >= 4 is 31.2 Å². The van der Waals surface area contributed by atoms with Crippen LogP contribution in [-0.2, 0) is 71.3 Å². The molecule has 3 N–H and O–H groups in total. The molecule has 2 aliphatic carbocycles. The van der Waals surface area contributed by atoms with E-state index < -0.39 is 48.9 Å². The average Bonchev–Trinajstić information content (AvgIpc) is 3.74. The summed E-state index contributed by atoms with van der Waals surface area (Å²) in [4.78, 5) is 79.5. The molecule has 4 amide bonds. The van der Waals surface area contributed by atoms with Crippen molar-refractivity contribution in [3.8, 4) is 0 Å². The molecule has 2 saturated carbocycles. The van der Waals surface area contributed by atoms with Gasteiger partial charge in [-0.15, -0.1) is 0 Å². The van der Waals surface area contributed by atoms with Crippen molar-refractivity contribution < 1.29 is 76.5 Å². The van der Waals surface area contributed by atoms with Gasteiger partial charge < -0.3 is 43.5 Å². The van der Waals surface area contributed by atoms with Gasteiger partial charge >= 0.3 is 7.60 Å². The van der Waals surface area contributed by atoms with Crippen LogP contribution < -0.4 is 10.6 Å². The van der Waals surface area contributed by atoms with Gasteiger partial charge in [0, 0.05) is 83.1 Å². The van der Waals surface area contributed by atoms with Crippen LogP contribution in [0.4, 0.5) is 0 Å². The maximum absolute atomic E-state index is 13.7. The van der Waals surface area contributed by atoms with Crippen molar-refractivity contribution in [2.75, 3.05) is 52.1 Å². The van der Waals surface area contributed by atoms with Gasteiger partial charge in [0.2, 0.25) is 35.2 Å². The predicted octanol–water partition coefficient (Wildman–Crippen LogP) is 7.54. The van der Waals surface area contributed by atoms with E-state index in [0.717, 1.165) is 51.4 Å². The van der Waals surface area contributed by atoms with Gasteiger partial charge in [0.25, 0.3) is 0 Å². The zero-order valence-electron chi connectivity index (χ0n) is 45.5. The number of hydrogen-bond acceptors (Lipinski definition) is 16. The minimum Gasteiger partial charge on any atom is -0.356 e. The largest absolute Gasteiger partial charge is 0.356 e. The minimum absolute atomic E-state index is 0.0297. The first kappa shape index (κ1) is 57.8. The monoisotopic (exact) mass is 1070 g/mol. The lowest BCUT2D eigenvalue weighted by atomic mass is 9.57. The smallest absolute Gasteiger partial charge is 0.330 e. The fourth-order valence-corrected chi connectivity index (χ4v) is 15.9. The first-order valence-electron chi connectivity index (χ1n) is 28.4. The lowest BCUT2D eigenvalue weighted by Gasteiger charge is -2.60. The number of ether oxygens (including phenoxy) is 4. The summed E-state index contributed by atoms with van der Waals surface area (Å²) in [6, 6.07) is 0. The summed E-state index contributed by atoms with van der Waals surface area (Å²) < 4.78 is 49.9. The maximum Gasteiger partial charge on any atom is 0.330 e. The molecule has 10 aliphatic rings. The van der Waals surface area contributed by atoms with Crippen LogP contribution in [0.2, 0.25) is 0 Å². The second kappa shape index (κ2) is 24.4. The summed E-state index contributed by atoms with van der Waals surface area (Å²) in [7, 11) is -3.35. The van der Waals surface area contributed by atoms with Crippen LogP contribution in [-0.4, -0.2) is 138 Å². The van der Waals surface area contributed by atoms with Crippen LogP contribution >= 0.6 is 7.60 Å². The predicted molar refractivity (Wildman–Crippen MR) is 267 cm³/mol. The third-order valence-electron chi connectivity index (χ3n) is 18.4. The van der Waals surface area contributed by atoms with E-state index in [1.807, 2.05) is 13.8 Å². The molecular weight excluding hydrogens is 980 g/mol. The Hall–Kier alpha value is -2.33. The Labute approximate surface area is 438 Å². The highest BCUT2D eigenvalue weighted by Crippen LogP contribution is 2.62. The molecule has 10 rings (SSSR count). The normalized spacial score (nSPS) is 39.0. The summed E-state index contributed by atoms with van der Waals surface area (Å²) in [5.41, 5.74) is -1.32. The molecular formula is C53H89N4O16P. The van der Waals surface area contributed by atoms with Crippen LogP contribution in [0.5, 0.6) is 0 Å². The van der Waals surface area contributed by atoms with Gasteiger partial charge in [-0.2, -0.15) is 0 Å². The SMILES string of the molecule is CCOP(=O)(CCCN(O)C(=O)CCC(=O)N(CCCNC(=O)CC[C@H]1O[C@@H]2O[C@]3(C)CC[C@H]4[C@H](C)CC[C@@H]([C@H]1C)C24OO3)CCCNC(=O)CC[C@H]1O[C@@H]2O[C@]3(C)CC[C@H]4[C@H](C)CC[C@@H]([C@H]1C)C24OO3)OCC. The van der Waals surface area contributed by atoms with Crippen LogP contribution in [0, 0.1) is 47.3 Å². The Balaban J connectivity index is 0.801. The molecule has 21 heteroatoms. The third kappa shape index (κ3) is 12.3. The lowest BCUT2D eigenvalue weighted by molar-refractivity contribution is -0.571. The van der Waals surface area contributed by atoms with Crippen molar-refractivity contribution in [3.05, 3.63) is 0 Å². The van der Waals surface area contributed by atoms with Crippen LogP contribution in [0.25, 0.3) is 0 Å². The van der Waals surface area contributed by atoms with E-state index >= 15 is 0 Å². The Morgan fingerprint density at radius 2 is 1.07 bits per heavy atom. The lowest BCUT2D eigenvalue weighted by Crippen LogP contribution is -2.70. The van der Waals surface area contributed by atoms with Crippen molar-refractivity contribution in [1.29, 1.82) is 0 Å². The molecule has 8 saturated heterocycles. The van der Waals surface area contributed by atoms with E-state index in [1.54, 1.807) is 18.7 Å². The number of hydroxylamine groups is 2. The number of hydrogen-bond donors (Lipinski definition) is 3. The Kier molecular flexibility index (Phi) is 19.0. The van der Waals surface area contributed by atoms with E-state index in [-0.39, 0.29) is 123 Å². The molecule has 0 aromatic carbocycles. The van der Waals surface area contributed by atoms with Gasteiger partial charge in [-0.3, -0.25) is 29.0 Å². The third-order valence-corrected chi connectivity index (χ3v) is 20.6.